The third-order valence-corrected chi connectivity index (χ3v) is 5.58. The molecule has 0 saturated heterocycles. The number of unbranched alkanes of at least 4 members (excludes halogenated alkanes) is 4. The van der Waals surface area contributed by atoms with Gasteiger partial charge < -0.3 is 19.3 Å². The molecule has 0 saturated carbocycles. The minimum Gasteiger partial charge on any atom is -0.494 e. The van der Waals surface area contributed by atoms with Crippen LogP contribution in [0, 0.1) is 5.41 Å². The number of alkyl halides is 4. The number of imidazole rings is 1. The first kappa shape index (κ1) is 26.9. The van der Waals surface area contributed by atoms with E-state index >= 15 is 0 Å². The molecule has 1 aromatic heterocycles. The molecule has 0 bridgehead atoms. The normalized spacial score (nSPS) is 12.2. The number of carbonyl (C=O) groups is 1. The van der Waals surface area contributed by atoms with Crippen LogP contribution in [0.3, 0.4) is 0 Å². The number of nitrogens with one attached hydrogen (secondary N) is 1. The van der Waals surface area contributed by atoms with Gasteiger partial charge in [0.2, 0.25) is 5.62 Å². The molecule has 1 N–H and O–H groups in total. The summed E-state index contributed by atoms with van der Waals surface area (Å²) in [5.41, 5.74) is 1.28. The number of amides is 1. The molecule has 0 aliphatic heterocycles. The monoisotopic (exact) mass is 530 g/mol. The smallest absolute Gasteiger partial charge is 0.473 e. The minimum atomic E-state index is -5.01. The largest absolute Gasteiger partial charge is 0.494 e. The highest BCUT2D eigenvalue weighted by molar-refractivity contribution is 9.09. The fourth-order valence-corrected chi connectivity index (χ4v) is 3.62. The number of ether oxygens (including phenoxy) is 1. The lowest BCUT2D eigenvalue weighted by molar-refractivity contribution is -0.169. The molecule has 0 spiro atoms. The molecule has 1 aromatic carbocycles. The maximum absolute atomic E-state index is 12.8. The molecular weight excluding hydrogens is 501 g/mol. The van der Waals surface area contributed by atoms with Crippen molar-refractivity contribution < 1.29 is 22.7 Å². The van der Waals surface area contributed by atoms with Gasteiger partial charge in [0.05, 0.1) is 6.61 Å². The number of aryl methyl sites for hydroxylation is 2. The zero-order valence-corrected chi connectivity index (χ0v) is 20.3. The maximum Gasteiger partial charge on any atom is 0.473 e. The quantitative estimate of drug-likeness (QED) is 0.211. The first-order valence-corrected chi connectivity index (χ1v) is 12.1. The second-order valence-corrected chi connectivity index (χ2v) is 8.50. The first-order chi connectivity index (χ1) is 15.7. The van der Waals surface area contributed by atoms with Gasteiger partial charge in [0.1, 0.15) is 5.75 Å². The van der Waals surface area contributed by atoms with Crippen molar-refractivity contribution in [2.24, 2.45) is 4.99 Å². The molecule has 33 heavy (non-hydrogen) atoms. The Bertz CT molecular complexity index is 965. The zero-order valence-electron chi connectivity index (χ0n) is 18.7. The van der Waals surface area contributed by atoms with Crippen LogP contribution in [0.2, 0.25) is 0 Å². The van der Waals surface area contributed by atoms with Crippen molar-refractivity contribution in [1.29, 1.82) is 5.41 Å². The summed E-state index contributed by atoms with van der Waals surface area (Å²) in [6.45, 7) is 2.91. The number of hydrogen-bond acceptors (Lipinski definition) is 3. The predicted molar refractivity (Wildman–Crippen MR) is 125 cm³/mol. The van der Waals surface area contributed by atoms with Gasteiger partial charge in [-0.05, 0) is 56.0 Å². The number of rotatable bonds is 13. The van der Waals surface area contributed by atoms with E-state index < -0.39 is 12.1 Å². The maximum atomic E-state index is 12.8. The van der Waals surface area contributed by atoms with Crippen LogP contribution in [0.15, 0.2) is 41.7 Å². The predicted octanol–water partition coefficient (Wildman–Crippen LogP) is 5.48. The lowest BCUT2D eigenvalue weighted by atomic mass is 10.1. The molecule has 0 radical (unpaired) electrons. The van der Waals surface area contributed by atoms with Gasteiger partial charge >= 0.3 is 12.1 Å². The van der Waals surface area contributed by atoms with Crippen molar-refractivity contribution >= 4 is 27.5 Å². The second kappa shape index (κ2) is 13.4. The molecule has 2 aromatic rings. The number of nitrogens with zero attached hydrogens (tertiary/aromatic N) is 3. The highest BCUT2D eigenvalue weighted by Crippen LogP contribution is 2.16. The van der Waals surface area contributed by atoms with E-state index in [1.165, 1.54) is 0 Å². The van der Waals surface area contributed by atoms with Gasteiger partial charge in [0, 0.05) is 36.5 Å². The Morgan fingerprint density at radius 3 is 2.15 bits per heavy atom. The summed E-state index contributed by atoms with van der Waals surface area (Å²) in [6.07, 6.45) is 3.84. The molecule has 0 aliphatic carbocycles. The molecule has 10 heteroatoms. The third-order valence-electron chi connectivity index (χ3n) is 5.02. The summed E-state index contributed by atoms with van der Waals surface area (Å²) in [5, 5.41) is 8.57. The van der Waals surface area contributed by atoms with Gasteiger partial charge in [-0.2, -0.15) is 18.2 Å². The molecule has 182 valence electrons. The van der Waals surface area contributed by atoms with Crippen LogP contribution in [0.5, 0.6) is 5.75 Å². The highest BCUT2D eigenvalue weighted by atomic mass is 79.9. The number of hydrogen-bond donors (Lipinski definition) is 1. The van der Waals surface area contributed by atoms with Crippen LogP contribution in [0.4, 0.5) is 13.2 Å². The number of benzene rings is 1. The van der Waals surface area contributed by atoms with Gasteiger partial charge in [-0.1, -0.05) is 35.2 Å². The molecule has 6 nitrogen and oxygen atoms in total. The Kier molecular flexibility index (Phi) is 10.9. The number of carbonyl (C=O) groups excluding carboxylic acids is 1. The molecule has 1 amide bonds. The van der Waals surface area contributed by atoms with E-state index in [9.17, 15) is 18.0 Å². The van der Waals surface area contributed by atoms with Gasteiger partial charge in [0.15, 0.2) is 0 Å². The van der Waals surface area contributed by atoms with E-state index in [0.29, 0.717) is 37.6 Å². The molecule has 0 unspecified atom stereocenters. The van der Waals surface area contributed by atoms with Gasteiger partial charge in [0.25, 0.3) is 0 Å². The zero-order chi connectivity index (χ0) is 24.3. The van der Waals surface area contributed by atoms with Crippen LogP contribution in [-0.2, 0) is 17.9 Å². The fraction of sp³-hybridized carbons (Fsp3) is 0.522. The average molecular weight is 531 g/mol. The Balaban J connectivity index is 1.99. The molecule has 0 atom stereocenters. The summed E-state index contributed by atoms with van der Waals surface area (Å²) < 4.78 is 47.3. The standard InChI is InChI=1S/C23H30BrF3N4O2/c1-18(28)19-8-10-20(11-9-19)33-17-7-14-31-16-15-30(13-6-4-2-3-5-12-24)22(31)29-21(32)23(25,26)27/h8-11,15-16,28H,2-7,12-14,17H2,1H3/b28-18?,29-22+. The van der Waals surface area contributed by atoms with Crippen LogP contribution in [-0.4, -0.2) is 38.9 Å². The summed E-state index contributed by atoms with van der Waals surface area (Å²) in [4.78, 5) is 14.9. The molecule has 2 rings (SSSR count). The van der Waals surface area contributed by atoms with Gasteiger partial charge in [-0.3, -0.25) is 4.79 Å². The van der Waals surface area contributed by atoms with Crippen LogP contribution >= 0.6 is 15.9 Å². The third kappa shape index (κ3) is 9.19. The summed E-state index contributed by atoms with van der Waals surface area (Å²) in [5.74, 6) is -1.45. The Labute approximate surface area is 200 Å². The van der Waals surface area contributed by atoms with Crippen molar-refractivity contribution in [3.05, 3.63) is 47.8 Å². The Hall–Kier alpha value is -2.36. The fourth-order valence-electron chi connectivity index (χ4n) is 3.22. The van der Waals surface area contributed by atoms with E-state index in [-0.39, 0.29) is 5.62 Å². The molecule has 1 heterocycles. The number of halogens is 4. The van der Waals surface area contributed by atoms with Gasteiger partial charge in [-0.25, -0.2) is 0 Å². The van der Waals surface area contributed by atoms with E-state index in [1.807, 2.05) is 0 Å². The summed E-state index contributed by atoms with van der Waals surface area (Å²) >= 11 is 3.39. The van der Waals surface area contributed by atoms with Crippen LogP contribution in [0.25, 0.3) is 0 Å². The Morgan fingerprint density at radius 2 is 1.58 bits per heavy atom. The topological polar surface area (TPSA) is 72.4 Å². The van der Waals surface area contributed by atoms with Gasteiger partial charge in [-0.15, -0.1) is 0 Å². The first-order valence-electron chi connectivity index (χ1n) is 11.0. The minimum absolute atomic E-state index is 0.00333. The van der Waals surface area contributed by atoms with E-state index in [2.05, 4.69) is 20.9 Å². The molecule has 0 fully saturated rings. The van der Waals surface area contributed by atoms with E-state index in [1.54, 1.807) is 52.7 Å². The van der Waals surface area contributed by atoms with Crippen LogP contribution in [0.1, 0.15) is 51.0 Å². The highest BCUT2D eigenvalue weighted by Gasteiger charge is 2.38. The molecule has 0 aliphatic rings. The van der Waals surface area contributed by atoms with Crippen LogP contribution < -0.4 is 10.4 Å². The van der Waals surface area contributed by atoms with Crippen molar-refractivity contribution in [3.63, 3.8) is 0 Å². The van der Waals surface area contributed by atoms with E-state index in [4.69, 9.17) is 10.1 Å². The summed E-state index contributed by atoms with van der Waals surface area (Å²) in [6, 6.07) is 7.15. The van der Waals surface area contributed by atoms with Crippen molar-refractivity contribution in [3.8, 4) is 5.75 Å². The second-order valence-electron chi connectivity index (χ2n) is 7.71. The summed E-state index contributed by atoms with van der Waals surface area (Å²) in [7, 11) is 0. The van der Waals surface area contributed by atoms with Crippen molar-refractivity contribution in [2.75, 3.05) is 11.9 Å². The van der Waals surface area contributed by atoms with Crippen molar-refractivity contribution in [2.45, 2.75) is 64.7 Å². The lowest BCUT2D eigenvalue weighted by Gasteiger charge is -2.09. The molecular formula is C23H30BrF3N4O2. The SMILES string of the molecule is CC(=N)c1ccc(OCCCn2ccn(CCCCCCCBr)/c2=N\C(=O)C(F)(F)F)cc1. The van der Waals surface area contributed by atoms with E-state index in [0.717, 1.165) is 43.0 Å². The average Bonchev–Trinajstić information content (AvgIpc) is 3.14. The number of aromatic nitrogens is 2. The van der Waals surface area contributed by atoms with Crippen molar-refractivity contribution in [1.82, 2.24) is 9.13 Å². The lowest BCUT2D eigenvalue weighted by Crippen LogP contribution is -2.31. The Morgan fingerprint density at radius 1 is 1.00 bits per heavy atom.